The summed E-state index contributed by atoms with van der Waals surface area (Å²) in [6.45, 7) is 6.58. The van der Waals surface area contributed by atoms with Gasteiger partial charge in [-0.2, -0.15) is 0 Å². The number of nitrogens with zero attached hydrogens (tertiary/aromatic N) is 1. The van der Waals surface area contributed by atoms with E-state index in [1.165, 1.54) is 0 Å². The van der Waals surface area contributed by atoms with Gasteiger partial charge in [0.2, 0.25) is 0 Å². The van der Waals surface area contributed by atoms with E-state index in [0.29, 0.717) is 0 Å². The molecule has 1 N–H and O–H groups in total. The van der Waals surface area contributed by atoms with Gasteiger partial charge >= 0.3 is 0 Å². The third kappa shape index (κ3) is 6.79. The highest BCUT2D eigenvalue weighted by atomic mass is 28.4. The van der Waals surface area contributed by atoms with Crippen LogP contribution in [0.1, 0.15) is 0 Å². The van der Waals surface area contributed by atoms with E-state index >= 15 is 0 Å². The Morgan fingerprint density at radius 1 is 1.33 bits per heavy atom. The average molecular weight is 190 g/mol. The Hall–Kier alpha value is 0.0969. The normalized spacial score (nSPS) is 12.5. The van der Waals surface area contributed by atoms with Crippen LogP contribution in [0.15, 0.2) is 0 Å². The summed E-state index contributed by atoms with van der Waals surface area (Å²) in [4.78, 5) is 2.17. The second-order valence-corrected chi connectivity index (χ2v) is 8.23. The number of hydrogen-bond donors (Lipinski definition) is 1. The van der Waals surface area contributed by atoms with Crippen LogP contribution in [0.25, 0.3) is 0 Å². The molecule has 0 aliphatic rings. The van der Waals surface area contributed by atoms with E-state index in [1.54, 1.807) is 7.11 Å². The van der Waals surface area contributed by atoms with Gasteiger partial charge in [0.05, 0.1) is 0 Å². The Labute approximate surface area is 77.2 Å². The zero-order chi connectivity index (χ0) is 9.61. The lowest BCUT2D eigenvalue weighted by atomic mass is 10.6. The van der Waals surface area contributed by atoms with Crippen LogP contribution in [0.3, 0.4) is 0 Å². The first-order valence-corrected chi connectivity index (χ1v) is 7.50. The molecule has 0 heterocycles. The zero-order valence-corrected chi connectivity index (χ0v) is 9.98. The number of nitrogens with one attached hydrogen (secondary N) is 1. The minimum Gasteiger partial charge on any atom is -0.419 e. The molecule has 0 fully saturated rings. The van der Waals surface area contributed by atoms with Crippen LogP contribution in [0, 0.1) is 0 Å². The SMILES string of the molecule is CO[Si](C)(C)CNCCN(C)C. The molecule has 0 radical (unpaired) electrons. The fourth-order valence-corrected chi connectivity index (χ4v) is 1.69. The Kier molecular flexibility index (Phi) is 5.74. The van der Waals surface area contributed by atoms with Gasteiger partial charge in [-0.25, -0.2) is 0 Å². The van der Waals surface area contributed by atoms with Gasteiger partial charge in [-0.1, -0.05) is 0 Å². The monoisotopic (exact) mass is 190 g/mol. The highest BCUT2D eigenvalue weighted by Gasteiger charge is 2.19. The summed E-state index contributed by atoms with van der Waals surface area (Å²) in [5.41, 5.74) is 0. The Morgan fingerprint density at radius 2 is 1.92 bits per heavy atom. The molecule has 0 spiro atoms. The lowest BCUT2D eigenvalue weighted by Crippen LogP contribution is -2.43. The molecule has 0 unspecified atom stereocenters. The van der Waals surface area contributed by atoms with Crippen LogP contribution >= 0.6 is 0 Å². The zero-order valence-electron chi connectivity index (χ0n) is 8.98. The maximum Gasteiger partial charge on any atom is 0.199 e. The molecule has 0 saturated heterocycles. The molecule has 0 atom stereocenters. The molecule has 0 aliphatic heterocycles. The molecule has 74 valence electrons. The lowest BCUT2D eigenvalue weighted by molar-refractivity contribution is 0.385. The summed E-state index contributed by atoms with van der Waals surface area (Å²) in [5, 5.41) is 3.40. The molecule has 4 heteroatoms. The molecule has 0 rings (SSSR count). The van der Waals surface area contributed by atoms with Crippen LogP contribution in [-0.4, -0.2) is 53.7 Å². The minimum absolute atomic E-state index is 1.04. The molecule has 0 aromatic rings. The molecule has 0 amide bonds. The molecular formula is C8H22N2OSi. The van der Waals surface area contributed by atoms with Crippen LogP contribution in [0.5, 0.6) is 0 Å². The summed E-state index contributed by atoms with van der Waals surface area (Å²) in [5.74, 6) is 0. The highest BCUT2D eigenvalue weighted by molar-refractivity contribution is 6.71. The maximum atomic E-state index is 5.41. The third-order valence-corrected chi connectivity index (χ3v) is 4.05. The Morgan fingerprint density at radius 3 is 2.33 bits per heavy atom. The molecular weight excluding hydrogens is 168 g/mol. The first-order chi connectivity index (χ1) is 5.48. The van der Waals surface area contributed by atoms with Gasteiger partial charge in [0.1, 0.15) is 0 Å². The van der Waals surface area contributed by atoms with Gasteiger partial charge in [-0.05, 0) is 27.2 Å². The average Bonchev–Trinajstić information content (AvgIpc) is 1.98. The van der Waals surface area contributed by atoms with Crippen molar-refractivity contribution >= 4 is 8.32 Å². The van der Waals surface area contributed by atoms with Crippen LogP contribution in [0.4, 0.5) is 0 Å². The van der Waals surface area contributed by atoms with Crippen molar-refractivity contribution < 1.29 is 4.43 Å². The van der Waals surface area contributed by atoms with Crippen LogP contribution in [0.2, 0.25) is 13.1 Å². The van der Waals surface area contributed by atoms with Crippen molar-refractivity contribution in [1.82, 2.24) is 10.2 Å². The topological polar surface area (TPSA) is 24.5 Å². The van der Waals surface area contributed by atoms with Gasteiger partial charge in [0.25, 0.3) is 0 Å². The number of likely N-dealkylation sites (N-methyl/N-ethyl adjacent to an activating group) is 1. The van der Waals surface area contributed by atoms with Gasteiger partial charge in [0.15, 0.2) is 8.32 Å². The summed E-state index contributed by atoms with van der Waals surface area (Å²) in [7, 11) is 4.59. The van der Waals surface area contributed by atoms with Crippen molar-refractivity contribution in [2.75, 3.05) is 40.5 Å². The Balaban J connectivity index is 3.31. The fourth-order valence-electron chi connectivity index (χ4n) is 0.764. The largest absolute Gasteiger partial charge is 0.419 e. The summed E-state index contributed by atoms with van der Waals surface area (Å²) in [6.07, 6.45) is 1.04. The molecule has 12 heavy (non-hydrogen) atoms. The van der Waals surface area contributed by atoms with E-state index in [1.807, 2.05) is 0 Å². The van der Waals surface area contributed by atoms with Crippen molar-refractivity contribution in [2.45, 2.75) is 13.1 Å². The predicted molar refractivity (Wildman–Crippen MR) is 55.9 cm³/mol. The van der Waals surface area contributed by atoms with Gasteiger partial charge in [-0.15, -0.1) is 0 Å². The van der Waals surface area contributed by atoms with E-state index < -0.39 is 8.32 Å². The molecule has 3 nitrogen and oxygen atoms in total. The van der Waals surface area contributed by atoms with Crippen molar-refractivity contribution in [3.05, 3.63) is 0 Å². The van der Waals surface area contributed by atoms with Crippen LogP contribution in [-0.2, 0) is 4.43 Å². The van der Waals surface area contributed by atoms with Gasteiger partial charge < -0.3 is 14.6 Å². The third-order valence-electron chi connectivity index (χ3n) is 1.84. The van der Waals surface area contributed by atoms with E-state index in [-0.39, 0.29) is 0 Å². The second-order valence-electron chi connectivity index (χ2n) is 3.94. The first-order valence-electron chi connectivity index (χ1n) is 4.38. The van der Waals surface area contributed by atoms with Gasteiger partial charge in [-0.3, -0.25) is 0 Å². The first kappa shape index (κ1) is 12.1. The van der Waals surface area contributed by atoms with E-state index in [4.69, 9.17) is 4.43 Å². The fraction of sp³-hybridized carbons (Fsp3) is 1.00. The Bertz CT molecular complexity index is 118. The van der Waals surface area contributed by atoms with Crippen LogP contribution < -0.4 is 5.32 Å². The second kappa shape index (κ2) is 5.69. The highest BCUT2D eigenvalue weighted by Crippen LogP contribution is 1.98. The maximum absolute atomic E-state index is 5.41. The van der Waals surface area contributed by atoms with E-state index in [2.05, 4.69) is 37.4 Å². The van der Waals surface area contributed by atoms with Crippen molar-refractivity contribution in [3.63, 3.8) is 0 Å². The van der Waals surface area contributed by atoms with Crippen molar-refractivity contribution in [3.8, 4) is 0 Å². The van der Waals surface area contributed by atoms with Gasteiger partial charge in [0, 0.05) is 26.4 Å². The number of rotatable bonds is 6. The van der Waals surface area contributed by atoms with Crippen molar-refractivity contribution in [1.29, 1.82) is 0 Å². The quantitative estimate of drug-likeness (QED) is 0.488. The van der Waals surface area contributed by atoms with E-state index in [0.717, 1.165) is 19.3 Å². The smallest absolute Gasteiger partial charge is 0.199 e. The summed E-state index contributed by atoms with van der Waals surface area (Å²) >= 11 is 0. The standard InChI is InChI=1S/C8H22N2OSi/c1-10(2)7-6-9-8-12(4,5)11-3/h9H,6-8H2,1-5H3. The van der Waals surface area contributed by atoms with Crippen molar-refractivity contribution in [2.24, 2.45) is 0 Å². The molecule has 0 aromatic heterocycles. The summed E-state index contributed by atoms with van der Waals surface area (Å²) in [6, 6.07) is 0. The lowest BCUT2D eigenvalue weighted by Gasteiger charge is -2.21. The molecule has 0 aromatic carbocycles. The number of hydrogen-bond acceptors (Lipinski definition) is 3. The summed E-state index contributed by atoms with van der Waals surface area (Å²) < 4.78 is 5.41. The minimum atomic E-state index is -1.38. The molecule has 0 bridgehead atoms. The van der Waals surface area contributed by atoms with E-state index in [9.17, 15) is 0 Å². The predicted octanol–water partition coefficient (Wildman–Crippen LogP) is 0.528. The molecule has 0 aliphatic carbocycles. The molecule has 0 saturated carbocycles.